The molecule has 2 atom stereocenters. The molecule has 0 aliphatic rings. The summed E-state index contributed by atoms with van der Waals surface area (Å²) < 4.78 is 6.47. The highest BCUT2D eigenvalue weighted by Crippen LogP contribution is 2.28. The van der Waals surface area contributed by atoms with Crippen LogP contribution in [0.1, 0.15) is 25.5 Å². The summed E-state index contributed by atoms with van der Waals surface area (Å²) in [6, 6.07) is 5.52. The Morgan fingerprint density at radius 2 is 2.06 bits per heavy atom. The van der Waals surface area contributed by atoms with Gasteiger partial charge >= 0.3 is 0 Å². The normalized spacial score (nSPS) is 14.6. The molecule has 3 nitrogen and oxygen atoms in total. The van der Waals surface area contributed by atoms with Gasteiger partial charge in [-0.05, 0) is 25.1 Å². The fraction of sp³-hybridized carbons (Fsp3) is 0.500. The first kappa shape index (κ1) is 13.5. The Bertz CT molecular complexity index is 339. The summed E-state index contributed by atoms with van der Waals surface area (Å²) in [7, 11) is 0. The average molecular weight is 289 g/mol. The molecule has 1 aromatic carbocycles. The molecule has 0 saturated carbocycles. The summed E-state index contributed by atoms with van der Waals surface area (Å²) in [6.07, 6.45) is -0.572. The number of rotatable bonds is 5. The third-order valence-corrected chi connectivity index (χ3v) is 2.75. The Morgan fingerprint density at radius 3 is 2.62 bits per heavy atom. The van der Waals surface area contributed by atoms with Gasteiger partial charge in [-0.25, -0.2) is 0 Å². The van der Waals surface area contributed by atoms with Gasteiger partial charge in [0.25, 0.3) is 0 Å². The van der Waals surface area contributed by atoms with Crippen molar-refractivity contribution in [3.63, 3.8) is 0 Å². The van der Waals surface area contributed by atoms with Crippen LogP contribution in [0.15, 0.2) is 22.7 Å². The number of benzene rings is 1. The first-order chi connectivity index (χ1) is 7.54. The maximum absolute atomic E-state index is 9.60. The molecule has 0 fully saturated rings. The SMILES string of the molecule is CC(CO)COc1ccc(Br)cc1[C@H](C)O. The second kappa shape index (κ2) is 6.23. The molecule has 0 radical (unpaired) electrons. The Balaban J connectivity index is 2.78. The topological polar surface area (TPSA) is 49.7 Å². The molecule has 1 unspecified atom stereocenters. The Morgan fingerprint density at radius 1 is 1.38 bits per heavy atom. The average Bonchev–Trinajstić information content (AvgIpc) is 2.26. The highest BCUT2D eigenvalue weighted by atomic mass is 79.9. The Hall–Kier alpha value is -0.580. The van der Waals surface area contributed by atoms with Crippen LogP contribution in [-0.2, 0) is 0 Å². The first-order valence-electron chi connectivity index (χ1n) is 5.25. The lowest BCUT2D eigenvalue weighted by molar-refractivity contribution is 0.163. The zero-order chi connectivity index (χ0) is 12.1. The van der Waals surface area contributed by atoms with Crippen LogP contribution in [0.5, 0.6) is 5.75 Å². The first-order valence-corrected chi connectivity index (χ1v) is 6.05. The number of aliphatic hydroxyl groups excluding tert-OH is 2. The molecule has 1 rings (SSSR count). The summed E-state index contributed by atoms with van der Waals surface area (Å²) >= 11 is 3.35. The highest BCUT2D eigenvalue weighted by molar-refractivity contribution is 9.10. The summed E-state index contributed by atoms with van der Waals surface area (Å²) in [4.78, 5) is 0. The molecule has 16 heavy (non-hydrogen) atoms. The van der Waals surface area contributed by atoms with Crippen LogP contribution in [0.25, 0.3) is 0 Å². The lowest BCUT2D eigenvalue weighted by atomic mass is 10.1. The fourth-order valence-corrected chi connectivity index (χ4v) is 1.64. The zero-order valence-corrected chi connectivity index (χ0v) is 11.1. The highest BCUT2D eigenvalue weighted by Gasteiger charge is 2.11. The van der Waals surface area contributed by atoms with E-state index in [1.54, 1.807) is 6.92 Å². The van der Waals surface area contributed by atoms with Gasteiger partial charge < -0.3 is 14.9 Å². The number of hydrogen-bond acceptors (Lipinski definition) is 3. The summed E-state index contributed by atoms with van der Waals surface area (Å²) in [6.45, 7) is 4.14. The van der Waals surface area contributed by atoms with Gasteiger partial charge in [0.15, 0.2) is 0 Å². The van der Waals surface area contributed by atoms with E-state index in [0.29, 0.717) is 12.4 Å². The predicted molar refractivity (Wildman–Crippen MR) is 66.5 cm³/mol. The number of hydrogen-bond donors (Lipinski definition) is 2. The van der Waals surface area contributed by atoms with E-state index in [1.165, 1.54) is 0 Å². The van der Waals surface area contributed by atoms with E-state index < -0.39 is 6.10 Å². The van der Waals surface area contributed by atoms with Crippen molar-refractivity contribution in [2.24, 2.45) is 5.92 Å². The monoisotopic (exact) mass is 288 g/mol. The lowest BCUT2D eigenvalue weighted by Gasteiger charge is -2.15. The van der Waals surface area contributed by atoms with E-state index in [9.17, 15) is 5.11 Å². The Kier molecular flexibility index (Phi) is 5.25. The third kappa shape index (κ3) is 3.77. The van der Waals surface area contributed by atoms with Gasteiger partial charge in [-0.3, -0.25) is 0 Å². The van der Waals surface area contributed by atoms with Crippen molar-refractivity contribution in [3.05, 3.63) is 28.2 Å². The number of halogens is 1. The van der Waals surface area contributed by atoms with E-state index in [-0.39, 0.29) is 12.5 Å². The molecule has 90 valence electrons. The maximum Gasteiger partial charge on any atom is 0.125 e. The molecule has 2 N–H and O–H groups in total. The second-order valence-electron chi connectivity index (χ2n) is 3.96. The van der Waals surface area contributed by atoms with Gasteiger partial charge in [-0.2, -0.15) is 0 Å². The van der Waals surface area contributed by atoms with Gasteiger partial charge in [0.05, 0.1) is 12.7 Å². The molecule has 0 aliphatic heterocycles. The zero-order valence-electron chi connectivity index (χ0n) is 9.48. The van der Waals surface area contributed by atoms with E-state index in [2.05, 4.69) is 15.9 Å². The third-order valence-electron chi connectivity index (χ3n) is 2.26. The molecule has 0 aromatic heterocycles. The van der Waals surface area contributed by atoms with Crippen LogP contribution >= 0.6 is 15.9 Å². The maximum atomic E-state index is 9.60. The van der Waals surface area contributed by atoms with Gasteiger partial charge in [-0.1, -0.05) is 22.9 Å². The summed E-state index contributed by atoms with van der Waals surface area (Å²) in [5.41, 5.74) is 0.750. The minimum atomic E-state index is -0.572. The van der Waals surface area contributed by atoms with Crippen LogP contribution in [0, 0.1) is 5.92 Å². The second-order valence-corrected chi connectivity index (χ2v) is 4.87. The van der Waals surface area contributed by atoms with Crippen molar-refractivity contribution < 1.29 is 14.9 Å². The van der Waals surface area contributed by atoms with Crippen LogP contribution in [0.3, 0.4) is 0 Å². The van der Waals surface area contributed by atoms with Crippen molar-refractivity contribution in [1.82, 2.24) is 0 Å². The largest absolute Gasteiger partial charge is 0.493 e. The summed E-state index contributed by atoms with van der Waals surface area (Å²) in [5, 5.41) is 18.5. The van der Waals surface area contributed by atoms with Gasteiger partial charge in [0.1, 0.15) is 5.75 Å². The number of aliphatic hydroxyl groups is 2. The quantitative estimate of drug-likeness (QED) is 0.875. The van der Waals surface area contributed by atoms with Crippen LogP contribution in [0.4, 0.5) is 0 Å². The van der Waals surface area contributed by atoms with Crippen molar-refractivity contribution in [2.45, 2.75) is 20.0 Å². The molecule has 4 heteroatoms. The molecule has 0 spiro atoms. The number of ether oxygens (including phenoxy) is 1. The molecule has 0 amide bonds. The van der Waals surface area contributed by atoms with Crippen molar-refractivity contribution >= 4 is 15.9 Å². The predicted octanol–water partition coefficient (Wildman–Crippen LogP) is 2.51. The van der Waals surface area contributed by atoms with Crippen molar-refractivity contribution in [3.8, 4) is 5.75 Å². The minimum Gasteiger partial charge on any atom is -0.493 e. The van der Waals surface area contributed by atoms with Crippen LogP contribution in [0.2, 0.25) is 0 Å². The van der Waals surface area contributed by atoms with Gasteiger partial charge in [0.2, 0.25) is 0 Å². The standard InChI is InChI=1S/C12H17BrO3/c1-8(6-14)7-16-12-4-3-10(13)5-11(12)9(2)15/h3-5,8-9,14-15H,6-7H2,1-2H3/t8?,9-/m0/s1. The molecular formula is C12H17BrO3. The molecule has 1 aromatic rings. The smallest absolute Gasteiger partial charge is 0.125 e. The lowest BCUT2D eigenvalue weighted by Crippen LogP contribution is -2.13. The fourth-order valence-electron chi connectivity index (χ4n) is 1.26. The molecule has 0 saturated heterocycles. The Labute approximate surface area is 104 Å². The van der Waals surface area contributed by atoms with Crippen molar-refractivity contribution in [1.29, 1.82) is 0 Å². The van der Waals surface area contributed by atoms with E-state index >= 15 is 0 Å². The van der Waals surface area contributed by atoms with E-state index in [1.807, 2.05) is 25.1 Å². The van der Waals surface area contributed by atoms with E-state index in [4.69, 9.17) is 9.84 Å². The van der Waals surface area contributed by atoms with E-state index in [0.717, 1.165) is 10.0 Å². The molecule has 0 aliphatic carbocycles. The van der Waals surface area contributed by atoms with Crippen molar-refractivity contribution in [2.75, 3.05) is 13.2 Å². The minimum absolute atomic E-state index is 0.0884. The van der Waals surface area contributed by atoms with Gasteiger partial charge in [-0.15, -0.1) is 0 Å². The summed E-state index contributed by atoms with van der Waals surface area (Å²) in [5.74, 6) is 0.754. The molecule has 0 heterocycles. The van der Waals surface area contributed by atoms with Crippen LogP contribution < -0.4 is 4.74 Å². The van der Waals surface area contributed by atoms with Crippen LogP contribution in [-0.4, -0.2) is 23.4 Å². The molecular weight excluding hydrogens is 272 g/mol. The van der Waals surface area contributed by atoms with Gasteiger partial charge in [0, 0.05) is 22.6 Å². The molecule has 0 bridgehead atoms.